The van der Waals surface area contributed by atoms with Crippen LogP contribution in [0.15, 0.2) is 42.5 Å². The van der Waals surface area contributed by atoms with Crippen LogP contribution in [-0.4, -0.2) is 53.6 Å². The summed E-state index contributed by atoms with van der Waals surface area (Å²) < 4.78 is 5.52. The number of amides is 3. The van der Waals surface area contributed by atoms with Crippen LogP contribution in [-0.2, 0) is 26.2 Å². The summed E-state index contributed by atoms with van der Waals surface area (Å²) in [5.74, 6) is -0.0911. The third-order valence-corrected chi connectivity index (χ3v) is 8.30. The van der Waals surface area contributed by atoms with Gasteiger partial charge >= 0.3 is 6.09 Å². The molecule has 1 aliphatic carbocycles. The molecule has 39 heavy (non-hydrogen) atoms. The molecule has 2 aromatic carbocycles. The van der Waals surface area contributed by atoms with Gasteiger partial charge in [-0.25, -0.2) is 4.79 Å². The highest BCUT2D eigenvalue weighted by Crippen LogP contribution is 2.48. The van der Waals surface area contributed by atoms with Crippen molar-refractivity contribution in [3.05, 3.63) is 53.6 Å². The number of fused-ring (bicyclic) bond motifs is 2. The van der Waals surface area contributed by atoms with Gasteiger partial charge in [0, 0.05) is 31.1 Å². The van der Waals surface area contributed by atoms with Crippen molar-refractivity contribution in [2.75, 3.05) is 11.9 Å². The number of carbonyl (C=O) groups is 3. The summed E-state index contributed by atoms with van der Waals surface area (Å²) in [6, 6.07) is 14.9. The van der Waals surface area contributed by atoms with Crippen LogP contribution in [0.1, 0.15) is 58.6 Å². The monoisotopic (exact) mass is 528 g/mol. The first-order valence-corrected chi connectivity index (χ1v) is 13.5. The summed E-state index contributed by atoms with van der Waals surface area (Å²) in [6.45, 7) is 9.31. The zero-order valence-corrected chi connectivity index (χ0v) is 23.4. The summed E-state index contributed by atoms with van der Waals surface area (Å²) in [4.78, 5) is 41.7. The molecular formula is C31H36N4O4. The number of benzene rings is 2. The standard InChI is InChI=1S/C31H36N4O4/c1-30(2,3)39-29(38)35-24-14-12-22(24)26(35)27(36)33-21(17-32)15-18-7-9-19(10-8-18)20-11-13-23-25(16-20)34(6)28(37)31(23,4)5/h7-11,13,16,21-22,24,26H,12,14-15H2,1-6H3,(H,33,36)/t21-,22?,24+,26-/m0/s1. The van der Waals surface area contributed by atoms with E-state index in [0.29, 0.717) is 6.42 Å². The zero-order valence-electron chi connectivity index (χ0n) is 23.4. The topological polar surface area (TPSA) is 103 Å². The van der Waals surface area contributed by atoms with Gasteiger partial charge in [0.15, 0.2) is 0 Å². The number of likely N-dealkylation sites (N-methyl/N-ethyl adjacent to an activating group) is 1. The summed E-state index contributed by atoms with van der Waals surface area (Å²) in [6.07, 6.45) is 1.64. The number of likely N-dealkylation sites (tertiary alicyclic amines) is 1. The molecule has 8 nitrogen and oxygen atoms in total. The normalized spacial score (nSPS) is 23.5. The molecule has 4 atom stereocenters. The molecule has 1 saturated carbocycles. The second-order valence-electron chi connectivity index (χ2n) is 12.5. The maximum atomic E-state index is 13.1. The lowest BCUT2D eigenvalue weighted by atomic mass is 9.65. The molecule has 1 N–H and O–H groups in total. The van der Waals surface area contributed by atoms with E-state index in [4.69, 9.17) is 4.74 Å². The van der Waals surface area contributed by atoms with E-state index in [-0.39, 0.29) is 23.8 Å². The molecule has 1 unspecified atom stereocenters. The second-order valence-corrected chi connectivity index (χ2v) is 12.5. The van der Waals surface area contributed by atoms with Gasteiger partial charge in [-0.1, -0.05) is 36.4 Å². The number of nitrogens with one attached hydrogen (secondary N) is 1. The Balaban J connectivity index is 1.24. The third kappa shape index (κ3) is 4.64. The first kappa shape index (κ1) is 26.7. The van der Waals surface area contributed by atoms with Crippen LogP contribution in [0, 0.1) is 17.2 Å². The summed E-state index contributed by atoms with van der Waals surface area (Å²) in [7, 11) is 1.81. The number of anilines is 1. The Morgan fingerprint density at radius 3 is 2.38 bits per heavy atom. The van der Waals surface area contributed by atoms with E-state index in [1.807, 2.05) is 56.3 Å². The molecule has 2 heterocycles. The molecule has 0 bridgehead atoms. The highest BCUT2D eigenvalue weighted by Gasteiger charge is 2.60. The lowest BCUT2D eigenvalue weighted by Crippen LogP contribution is -2.75. The molecule has 0 spiro atoms. The Morgan fingerprint density at radius 2 is 1.79 bits per heavy atom. The van der Waals surface area contributed by atoms with Gasteiger partial charge in [-0.3, -0.25) is 14.5 Å². The lowest BCUT2D eigenvalue weighted by Gasteiger charge is -2.60. The number of hydrogen-bond acceptors (Lipinski definition) is 5. The average Bonchev–Trinajstić information content (AvgIpc) is 3.03. The molecular weight excluding hydrogens is 492 g/mol. The van der Waals surface area contributed by atoms with Crippen LogP contribution in [0.5, 0.6) is 0 Å². The Hall–Kier alpha value is -3.86. The maximum Gasteiger partial charge on any atom is 0.411 e. The van der Waals surface area contributed by atoms with Crippen LogP contribution in [0.2, 0.25) is 0 Å². The Bertz CT molecular complexity index is 1370. The molecule has 5 rings (SSSR count). The molecule has 1 saturated heterocycles. The Kier molecular flexibility index (Phi) is 6.45. The minimum atomic E-state index is -0.718. The number of hydrogen-bond donors (Lipinski definition) is 1. The van der Waals surface area contributed by atoms with E-state index < -0.39 is 29.2 Å². The summed E-state index contributed by atoms with van der Waals surface area (Å²) in [5, 5.41) is 12.6. The molecule has 0 radical (unpaired) electrons. The van der Waals surface area contributed by atoms with Crippen molar-refractivity contribution in [3.8, 4) is 17.2 Å². The highest BCUT2D eigenvalue weighted by atomic mass is 16.6. The summed E-state index contributed by atoms with van der Waals surface area (Å²) in [5.41, 5.74) is 3.69. The molecule has 0 aromatic heterocycles. The molecule has 3 aliphatic rings. The number of carbonyl (C=O) groups excluding carboxylic acids is 3. The lowest BCUT2D eigenvalue weighted by molar-refractivity contribution is -0.155. The number of ether oxygens (including phenoxy) is 1. The number of nitriles is 1. The van der Waals surface area contributed by atoms with Crippen LogP contribution < -0.4 is 10.2 Å². The minimum Gasteiger partial charge on any atom is -0.444 e. The molecule has 2 fully saturated rings. The fourth-order valence-electron chi connectivity index (χ4n) is 6.03. The van der Waals surface area contributed by atoms with E-state index in [9.17, 15) is 19.6 Å². The molecule has 2 aromatic rings. The van der Waals surface area contributed by atoms with Gasteiger partial charge in [0.2, 0.25) is 11.8 Å². The smallest absolute Gasteiger partial charge is 0.411 e. The number of rotatable bonds is 5. The van der Waals surface area contributed by atoms with E-state index in [2.05, 4.69) is 11.4 Å². The van der Waals surface area contributed by atoms with Crippen LogP contribution in [0.3, 0.4) is 0 Å². The first-order chi connectivity index (χ1) is 18.3. The van der Waals surface area contributed by atoms with Gasteiger partial charge in [0.1, 0.15) is 17.7 Å². The average molecular weight is 529 g/mol. The van der Waals surface area contributed by atoms with Crippen molar-refractivity contribution < 1.29 is 19.1 Å². The predicted molar refractivity (Wildman–Crippen MR) is 148 cm³/mol. The van der Waals surface area contributed by atoms with Crippen molar-refractivity contribution in [3.63, 3.8) is 0 Å². The van der Waals surface area contributed by atoms with Crippen molar-refractivity contribution in [2.24, 2.45) is 5.92 Å². The second kappa shape index (κ2) is 9.41. The van der Waals surface area contributed by atoms with E-state index in [1.165, 1.54) is 0 Å². The Morgan fingerprint density at radius 1 is 1.13 bits per heavy atom. The highest BCUT2D eigenvalue weighted by molar-refractivity contribution is 6.07. The van der Waals surface area contributed by atoms with E-state index in [1.54, 1.807) is 37.6 Å². The van der Waals surface area contributed by atoms with Gasteiger partial charge in [-0.15, -0.1) is 0 Å². The van der Waals surface area contributed by atoms with Crippen LogP contribution in [0.4, 0.5) is 10.5 Å². The van der Waals surface area contributed by atoms with Crippen molar-refractivity contribution in [2.45, 2.75) is 83.0 Å². The van der Waals surface area contributed by atoms with Crippen LogP contribution >= 0.6 is 0 Å². The quantitative estimate of drug-likeness (QED) is 0.613. The largest absolute Gasteiger partial charge is 0.444 e. The van der Waals surface area contributed by atoms with Gasteiger partial charge < -0.3 is 15.0 Å². The van der Waals surface area contributed by atoms with Crippen molar-refractivity contribution >= 4 is 23.6 Å². The van der Waals surface area contributed by atoms with Crippen molar-refractivity contribution in [1.29, 1.82) is 5.26 Å². The van der Waals surface area contributed by atoms with E-state index >= 15 is 0 Å². The molecule has 2 aliphatic heterocycles. The fraction of sp³-hybridized carbons (Fsp3) is 0.484. The SMILES string of the molecule is CN1C(=O)C(C)(C)c2ccc(-c3ccc(C[C@@H](C#N)NC(=O)[C@@H]4C5CC[C@H]5N4C(=O)OC(C)(C)C)cc3)cc21. The first-order valence-electron chi connectivity index (χ1n) is 13.5. The zero-order chi connectivity index (χ0) is 28.3. The van der Waals surface area contributed by atoms with Gasteiger partial charge in [-0.05, 0) is 75.8 Å². The predicted octanol–water partition coefficient (Wildman–Crippen LogP) is 4.56. The number of piperidine rings is 1. The van der Waals surface area contributed by atoms with Gasteiger partial charge in [-0.2, -0.15) is 5.26 Å². The maximum absolute atomic E-state index is 13.1. The van der Waals surface area contributed by atoms with Gasteiger partial charge in [0.05, 0.1) is 11.5 Å². The number of nitrogens with zero attached hydrogens (tertiary/aromatic N) is 3. The third-order valence-electron chi connectivity index (χ3n) is 8.30. The van der Waals surface area contributed by atoms with Crippen LogP contribution in [0.25, 0.3) is 11.1 Å². The molecule has 3 amide bonds. The molecule has 8 heteroatoms. The van der Waals surface area contributed by atoms with Gasteiger partial charge in [0.25, 0.3) is 0 Å². The summed E-state index contributed by atoms with van der Waals surface area (Å²) >= 11 is 0. The fourth-order valence-corrected chi connectivity index (χ4v) is 6.03. The van der Waals surface area contributed by atoms with E-state index in [0.717, 1.165) is 40.8 Å². The minimum absolute atomic E-state index is 0.0480. The molecule has 204 valence electrons. The van der Waals surface area contributed by atoms with Crippen molar-refractivity contribution in [1.82, 2.24) is 10.2 Å². The Labute approximate surface area is 229 Å².